The number of ketones is 3. The summed E-state index contributed by atoms with van der Waals surface area (Å²) < 4.78 is 22.1. The Kier molecular flexibility index (Phi) is 6.23. The summed E-state index contributed by atoms with van der Waals surface area (Å²) in [5.41, 5.74) is 0.418. The second-order valence-corrected chi connectivity index (χ2v) is 9.34. The maximum Gasteiger partial charge on any atom is 0.178 e. The highest BCUT2D eigenvalue weighted by molar-refractivity contribution is 6.31. The lowest BCUT2D eigenvalue weighted by molar-refractivity contribution is -0.122. The Balaban J connectivity index is 1.81. The summed E-state index contributed by atoms with van der Waals surface area (Å²) in [6.07, 6.45) is 0.0618. The van der Waals surface area contributed by atoms with E-state index in [1.807, 2.05) is 0 Å². The van der Waals surface area contributed by atoms with Gasteiger partial charge in [0.25, 0.3) is 0 Å². The molecule has 7 nitrogen and oxygen atoms in total. The molecule has 7 heteroatoms. The molecular formula is C30H28O7. The van der Waals surface area contributed by atoms with Crippen molar-refractivity contribution in [2.75, 3.05) is 28.4 Å². The lowest BCUT2D eigenvalue weighted by Crippen LogP contribution is -2.49. The van der Waals surface area contributed by atoms with Gasteiger partial charge in [0.2, 0.25) is 0 Å². The number of rotatable bonds is 6. The minimum atomic E-state index is -1.55. The monoisotopic (exact) mass is 500 g/mol. The van der Waals surface area contributed by atoms with Crippen molar-refractivity contribution in [2.24, 2.45) is 5.41 Å². The molecule has 37 heavy (non-hydrogen) atoms. The van der Waals surface area contributed by atoms with Crippen LogP contribution in [0.2, 0.25) is 0 Å². The molecular weight excluding hydrogens is 472 g/mol. The van der Waals surface area contributed by atoms with Crippen molar-refractivity contribution >= 4 is 17.3 Å². The van der Waals surface area contributed by atoms with Crippen LogP contribution in [0.5, 0.6) is 23.0 Å². The first-order valence-electron chi connectivity index (χ1n) is 12.0. The fraction of sp³-hybridized carbons (Fsp3) is 0.300. The van der Waals surface area contributed by atoms with Crippen LogP contribution in [0.25, 0.3) is 0 Å². The van der Waals surface area contributed by atoms with Crippen molar-refractivity contribution in [1.29, 1.82) is 0 Å². The average molecular weight is 501 g/mol. The fourth-order valence-electron chi connectivity index (χ4n) is 6.09. The molecule has 3 aromatic carbocycles. The molecule has 2 aliphatic carbocycles. The summed E-state index contributed by atoms with van der Waals surface area (Å²) >= 11 is 0. The summed E-state index contributed by atoms with van der Waals surface area (Å²) in [6, 6.07) is 17.4. The zero-order valence-electron chi connectivity index (χ0n) is 21.2. The van der Waals surface area contributed by atoms with E-state index < -0.39 is 17.3 Å². The predicted octanol–water partition coefficient (Wildman–Crippen LogP) is 5.02. The predicted molar refractivity (Wildman–Crippen MR) is 136 cm³/mol. The maximum atomic E-state index is 14.4. The van der Waals surface area contributed by atoms with E-state index in [-0.39, 0.29) is 30.2 Å². The molecule has 2 atom stereocenters. The zero-order chi connectivity index (χ0) is 26.3. The number of hydrogen-bond donors (Lipinski definition) is 0. The molecule has 0 bridgehead atoms. The number of ether oxygens (including phenoxy) is 4. The van der Waals surface area contributed by atoms with E-state index >= 15 is 0 Å². The number of carbonyl (C=O) groups excluding carboxylic acids is 3. The van der Waals surface area contributed by atoms with E-state index in [1.165, 1.54) is 14.2 Å². The Bertz CT molecular complexity index is 1300. The Morgan fingerprint density at radius 3 is 1.43 bits per heavy atom. The first-order valence-corrected chi connectivity index (χ1v) is 12.0. The van der Waals surface area contributed by atoms with Crippen molar-refractivity contribution in [3.05, 3.63) is 82.9 Å². The van der Waals surface area contributed by atoms with Gasteiger partial charge in [0.1, 0.15) is 34.2 Å². The smallest absolute Gasteiger partial charge is 0.178 e. The average Bonchev–Trinajstić information content (AvgIpc) is 3.16. The van der Waals surface area contributed by atoms with Crippen LogP contribution in [0, 0.1) is 5.41 Å². The molecule has 5 rings (SSSR count). The van der Waals surface area contributed by atoms with Gasteiger partial charge in [-0.15, -0.1) is 0 Å². The van der Waals surface area contributed by atoms with Crippen LogP contribution in [0.3, 0.4) is 0 Å². The minimum absolute atomic E-state index is 0.0309. The number of Topliss-reactive ketones (excluding diaryl/α,β-unsaturated/α-hetero) is 3. The topological polar surface area (TPSA) is 88.1 Å². The fourth-order valence-corrected chi connectivity index (χ4v) is 6.09. The van der Waals surface area contributed by atoms with Gasteiger partial charge in [-0.1, -0.05) is 36.4 Å². The molecule has 190 valence electrons. The van der Waals surface area contributed by atoms with E-state index in [0.717, 1.165) is 0 Å². The molecule has 0 heterocycles. The van der Waals surface area contributed by atoms with Crippen LogP contribution in [0.15, 0.2) is 60.7 Å². The summed E-state index contributed by atoms with van der Waals surface area (Å²) in [6.45, 7) is 0. The third kappa shape index (κ3) is 3.60. The Hall–Kier alpha value is -4.13. The summed E-state index contributed by atoms with van der Waals surface area (Å²) in [5.74, 6) is -0.0795. The molecule has 2 aliphatic rings. The Labute approximate surface area is 215 Å². The molecule has 0 unspecified atom stereocenters. The van der Waals surface area contributed by atoms with Gasteiger partial charge in [-0.05, 0) is 23.3 Å². The molecule has 3 aromatic rings. The standard InChI is InChI=1S/C30H28O7/c1-34-18-9-11-22(26(15-18)36-3)24-13-17(31)14-25(23-12-10-19(35-2)16-27(23)37-4)30(24)28(32)20-7-5-6-8-21(20)29(30)33/h5-12,15-16,24-25H,13-14H2,1-4H3/t24-,25-/m1/s1. The van der Waals surface area contributed by atoms with Crippen molar-refractivity contribution < 1.29 is 33.3 Å². The highest BCUT2D eigenvalue weighted by Crippen LogP contribution is 2.62. The third-order valence-electron chi connectivity index (χ3n) is 7.76. The quantitative estimate of drug-likeness (QED) is 0.439. The van der Waals surface area contributed by atoms with Crippen molar-refractivity contribution in [3.8, 4) is 23.0 Å². The molecule has 0 aromatic heterocycles. The summed E-state index contributed by atoms with van der Waals surface area (Å²) in [5, 5.41) is 0. The van der Waals surface area contributed by atoms with E-state index in [9.17, 15) is 14.4 Å². The molecule has 0 saturated heterocycles. The first-order chi connectivity index (χ1) is 17.9. The number of fused-ring (bicyclic) bond motifs is 1. The Morgan fingerprint density at radius 1 is 0.622 bits per heavy atom. The second kappa shape index (κ2) is 9.39. The maximum absolute atomic E-state index is 14.4. The highest BCUT2D eigenvalue weighted by atomic mass is 16.5. The van der Waals surface area contributed by atoms with E-state index in [0.29, 0.717) is 45.3 Å². The molecule has 0 aliphatic heterocycles. The molecule has 0 amide bonds. The van der Waals surface area contributed by atoms with Gasteiger partial charge in [0.15, 0.2) is 11.6 Å². The van der Waals surface area contributed by atoms with Crippen molar-refractivity contribution in [2.45, 2.75) is 24.7 Å². The van der Waals surface area contributed by atoms with Crippen molar-refractivity contribution in [1.82, 2.24) is 0 Å². The van der Waals surface area contributed by atoms with Gasteiger partial charge in [0.05, 0.1) is 28.4 Å². The summed E-state index contributed by atoms with van der Waals surface area (Å²) in [7, 11) is 6.14. The molecule has 1 spiro atoms. The van der Waals surface area contributed by atoms with E-state index in [1.54, 1.807) is 74.9 Å². The normalized spacial score (nSPS) is 20.1. The van der Waals surface area contributed by atoms with Gasteiger partial charge >= 0.3 is 0 Å². The van der Waals surface area contributed by atoms with Gasteiger partial charge in [0, 0.05) is 47.9 Å². The molecule has 1 fully saturated rings. The largest absolute Gasteiger partial charge is 0.497 e. The minimum Gasteiger partial charge on any atom is -0.497 e. The zero-order valence-corrected chi connectivity index (χ0v) is 21.2. The molecule has 0 radical (unpaired) electrons. The Morgan fingerprint density at radius 2 is 1.05 bits per heavy atom. The molecule has 1 saturated carbocycles. The van der Waals surface area contributed by atoms with Gasteiger partial charge in [-0.25, -0.2) is 0 Å². The number of hydrogen-bond acceptors (Lipinski definition) is 7. The van der Waals surface area contributed by atoms with E-state index in [2.05, 4.69) is 0 Å². The van der Waals surface area contributed by atoms with Crippen LogP contribution in [0.1, 0.15) is 56.5 Å². The first kappa shape index (κ1) is 24.6. The van der Waals surface area contributed by atoms with Gasteiger partial charge < -0.3 is 18.9 Å². The van der Waals surface area contributed by atoms with Crippen LogP contribution >= 0.6 is 0 Å². The van der Waals surface area contributed by atoms with Crippen molar-refractivity contribution in [3.63, 3.8) is 0 Å². The van der Waals surface area contributed by atoms with Gasteiger partial charge in [-0.3, -0.25) is 14.4 Å². The highest BCUT2D eigenvalue weighted by Gasteiger charge is 2.65. The van der Waals surface area contributed by atoms with Crippen LogP contribution in [-0.4, -0.2) is 45.8 Å². The second-order valence-electron chi connectivity index (χ2n) is 9.34. The number of methoxy groups -OCH3 is 4. The van der Waals surface area contributed by atoms with E-state index in [4.69, 9.17) is 18.9 Å². The number of carbonyl (C=O) groups is 3. The lowest BCUT2D eigenvalue weighted by atomic mass is 9.53. The lowest BCUT2D eigenvalue weighted by Gasteiger charge is -2.45. The summed E-state index contributed by atoms with van der Waals surface area (Å²) in [4.78, 5) is 42.2. The number of benzene rings is 3. The van der Waals surface area contributed by atoms with Crippen LogP contribution in [0.4, 0.5) is 0 Å². The SMILES string of the molecule is COc1ccc([C@H]2CC(=O)C[C@H](c3ccc(OC)cc3OC)C23C(=O)c2ccccc2C3=O)c(OC)c1. The third-order valence-corrected chi connectivity index (χ3v) is 7.76. The molecule has 0 N–H and O–H groups in total. The van der Waals surface area contributed by atoms with Gasteiger partial charge in [-0.2, -0.15) is 0 Å². The van der Waals surface area contributed by atoms with Crippen LogP contribution < -0.4 is 18.9 Å². The van der Waals surface area contributed by atoms with Crippen LogP contribution in [-0.2, 0) is 4.79 Å².